The second kappa shape index (κ2) is 1.76. The van der Waals surface area contributed by atoms with Gasteiger partial charge in [0.2, 0.25) is 0 Å². The third-order valence-electron chi connectivity index (χ3n) is 0.414. The summed E-state index contributed by atoms with van der Waals surface area (Å²) < 4.78 is 0. The van der Waals surface area contributed by atoms with Gasteiger partial charge in [-0.15, -0.1) is 0 Å². The minimum Gasteiger partial charge on any atom is -0.253 e. The first-order valence-electron chi connectivity index (χ1n) is 1.57. The summed E-state index contributed by atoms with van der Waals surface area (Å²) in [4.78, 5) is 26.9. The topological polar surface area (TPSA) is 71.1 Å². The summed E-state index contributed by atoms with van der Waals surface area (Å²) in [5.74, 6) is -2.48. The average Bonchev–Trinajstić information content (AvgIpc) is 1.77. The van der Waals surface area contributed by atoms with Crippen LogP contribution in [0.25, 0.3) is 0 Å². The molecule has 8 heavy (non-hydrogen) atoms. The fraction of sp³-hybridized carbons (Fsp3) is 0. The molecule has 1 saturated heterocycles. The Balaban J connectivity index is 2.52. The van der Waals surface area contributed by atoms with E-state index in [1.807, 2.05) is 0 Å². The maximum absolute atomic E-state index is 9.89. The average molecular weight is 120 g/mol. The summed E-state index contributed by atoms with van der Waals surface area (Å²) in [6.07, 6.45) is 0. The van der Waals surface area contributed by atoms with E-state index in [-0.39, 0.29) is 0 Å². The van der Waals surface area contributed by atoms with Crippen molar-refractivity contribution in [3.63, 3.8) is 0 Å². The highest BCUT2D eigenvalue weighted by Crippen LogP contribution is 1.95. The fourth-order valence-corrected chi connectivity index (χ4v) is 0.158. The first-order valence-corrected chi connectivity index (χ1v) is 1.57. The van der Waals surface area contributed by atoms with Gasteiger partial charge in [0.15, 0.2) is 0 Å². The molecule has 0 amide bonds. The van der Waals surface area contributed by atoms with Crippen LogP contribution in [-0.4, -0.2) is 11.9 Å². The summed E-state index contributed by atoms with van der Waals surface area (Å²) in [6, 6.07) is 0. The molecule has 1 aliphatic rings. The van der Waals surface area contributed by atoms with E-state index in [9.17, 15) is 9.59 Å². The summed E-state index contributed by atoms with van der Waals surface area (Å²) >= 11 is 0. The molecular formula is C2O6. The Bertz CT molecular complexity index is 110. The molecule has 0 aliphatic carbocycles. The molecule has 0 aromatic carbocycles. The van der Waals surface area contributed by atoms with E-state index in [1.165, 1.54) is 0 Å². The number of carbonyl (C=O) groups is 2. The molecule has 6 nitrogen and oxygen atoms in total. The highest BCUT2D eigenvalue weighted by molar-refractivity contribution is 6.29. The summed E-state index contributed by atoms with van der Waals surface area (Å²) in [6.45, 7) is 0. The van der Waals surface area contributed by atoms with Gasteiger partial charge in [0.05, 0.1) is 0 Å². The standard InChI is InChI=1S/C2O6/c3-1-2(4)6-8-7-5-1. The van der Waals surface area contributed by atoms with Crippen molar-refractivity contribution in [2.45, 2.75) is 0 Å². The Morgan fingerprint density at radius 2 is 1.25 bits per heavy atom. The van der Waals surface area contributed by atoms with Crippen molar-refractivity contribution in [3.05, 3.63) is 0 Å². The first-order chi connectivity index (χ1) is 3.80. The molecular weight excluding hydrogens is 120 g/mol. The number of rotatable bonds is 0. The molecule has 0 saturated carbocycles. The SMILES string of the molecule is O=C1OOOOC1=O. The number of hydrogen-bond donors (Lipinski definition) is 0. The highest BCUT2D eigenvalue weighted by atomic mass is 17.7. The van der Waals surface area contributed by atoms with E-state index in [0.717, 1.165) is 0 Å². The number of carbonyl (C=O) groups excluding carboxylic acids is 2. The molecule has 0 unspecified atom stereocenters. The van der Waals surface area contributed by atoms with Gasteiger partial charge in [0, 0.05) is 10.1 Å². The van der Waals surface area contributed by atoms with E-state index >= 15 is 0 Å². The van der Waals surface area contributed by atoms with Crippen LogP contribution >= 0.6 is 0 Å². The zero-order valence-electron chi connectivity index (χ0n) is 3.45. The molecule has 1 aliphatic heterocycles. The Morgan fingerprint density at radius 1 is 0.875 bits per heavy atom. The van der Waals surface area contributed by atoms with Gasteiger partial charge < -0.3 is 0 Å². The van der Waals surface area contributed by atoms with Crippen LogP contribution in [0.1, 0.15) is 0 Å². The van der Waals surface area contributed by atoms with Gasteiger partial charge in [-0.1, -0.05) is 0 Å². The van der Waals surface area contributed by atoms with Gasteiger partial charge in [-0.2, -0.15) is 0 Å². The first kappa shape index (κ1) is 5.01. The van der Waals surface area contributed by atoms with E-state index in [1.54, 1.807) is 0 Å². The normalized spacial score (nSPS) is 19.5. The van der Waals surface area contributed by atoms with Crippen LogP contribution in [0.3, 0.4) is 0 Å². The van der Waals surface area contributed by atoms with E-state index in [4.69, 9.17) is 0 Å². The molecule has 6 heteroatoms. The van der Waals surface area contributed by atoms with Crippen molar-refractivity contribution in [1.29, 1.82) is 0 Å². The molecule has 1 rings (SSSR count). The van der Waals surface area contributed by atoms with Crippen molar-refractivity contribution in [2.75, 3.05) is 0 Å². The predicted molar refractivity (Wildman–Crippen MR) is 14.4 cm³/mol. The molecule has 0 spiro atoms. The molecule has 0 N–H and O–H groups in total. The van der Waals surface area contributed by atoms with Gasteiger partial charge in [-0.3, -0.25) is 9.78 Å². The third kappa shape index (κ3) is 0.745. The van der Waals surface area contributed by atoms with Crippen LogP contribution in [0.2, 0.25) is 0 Å². The van der Waals surface area contributed by atoms with Gasteiger partial charge in [-0.05, 0) is 0 Å². The minimum absolute atomic E-state index is 1.24. The Morgan fingerprint density at radius 3 is 1.50 bits per heavy atom. The summed E-state index contributed by atoms with van der Waals surface area (Å²) in [5.41, 5.74) is 0. The van der Waals surface area contributed by atoms with Crippen molar-refractivity contribution < 1.29 is 29.4 Å². The van der Waals surface area contributed by atoms with Crippen LogP contribution in [0.5, 0.6) is 0 Å². The van der Waals surface area contributed by atoms with Crippen molar-refractivity contribution in [1.82, 2.24) is 0 Å². The monoisotopic (exact) mass is 120 g/mol. The lowest BCUT2D eigenvalue weighted by Gasteiger charge is -2.03. The molecule has 0 atom stereocenters. The van der Waals surface area contributed by atoms with Gasteiger partial charge >= 0.3 is 11.9 Å². The second-order valence-electron chi connectivity index (χ2n) is 0.878. The molecule has 1 fully saturated rings. The van der Waals surface area contributed by atoms with E-state index in [2.05, 4.69) is 19.9 Å². The van der Waals surface area contributed by atoms with E-state index < -0.39 is 11.9 Å². The molecule has 0 aromatic rings. The van der Waals surface area contributed by atoms with Crippen molar-refractivity contribution >= 4 is 11.9 Å². The predicted octanol–water partition coefficient (Wildman–Crippen LogP) is -1.14. The molecule has 0 bridgehead atoms. The summed E-state index contributed by atoms with van der Waals surface area (Å²) in [5, 5.41) is 6.92. The Labute approximate surface area is 42.7 Å². The van der Waals surface area contributed by atoms with Gasteiger partial charge in [0.1, 0.15) is 0 Å². The van der Waals surface area contributed by atoms with Gasteiger partial charge in [0.25, 0.3) is 0 Å². The summed E-state index contributed by atoms with van der Waals surface area (Å²) in [7, 11) is 0. The van der Waals surface area contributed by atoms with Crippen LogP contribution in [0, 0.1) is 0 Å². The lowest BCUT2D eigenvalue weighted by Crippen LogP contribution is -2.26. The van der Waals surface area contributed by atoms with E-state index in [0.29, 0.717) is 0 Å². The number of hydrogen-bond acceptors (Lipinski definition) is 6. The van der Waals surface area contributed by atoms with Crippen LogP contribution < -0.4 is 0 Å². The lowest BCUT2D eigenvalue weighted by molar-refractivity contribution is -0.611. The highest BCUT2D eigenvalue weighted by Gasteiger charge is 2.25. The maximum Gasteiger partial charge on any atom is 0.456 e. The Kier molecular flexibility index (Phi) is 1.10. The van der Waals surface area contributed by atoms with Crippen LogP contribution in [0.4, 0.5) is 0 Å². The molecule has 0 radical (unpaired) electrons. The molecule has 44 valence electrons. The molecule has 0 aromatic heterocycles. The van der Waals surface area contributed by atoms with Crippen LogP contribution in [0.15, 0.2) is 0 Å². The van der Waals surface area contributed by atoms with Crippen LogP contribution in [-0.2, 0) is 29.4 Å². The fourth-order valence-electron chi connectivity index (χ4n) is 0.158. The van der Waals surface area contributed by atoms with Crippen molar-refractivity contribution in [2.24, 2.45) is 0 Å². The third-order valence-corrected chi connectivity index (χ3v) is 0.414. The lowest BCUT2D eigenvalue weighted by atomic mass is 10.7. The quantitative estimate of drug-likeness (QED) is 0.297. The smallest absolute Gasteiger partial charge is 0.253 e. The molecule has 1 heterocycles. The zero-order chi connectivity index (χ0) is 5.98. The maximum atomic E-state index is 9.89. The largest absolute Gasteiger partial charge is 0.456 e. The Hall–Kier alpha value is -1.14. The van der Waals surface area contributed by atoms with Crippen molar-refractivity contribution in [3.8, 4) is 0 Å². The zero-order valence-corrected chi connectivity index (χ0v) is 3.45. The van der Waals surface area contributed by atoms with Gasteiger partial charge in [-0.25, -0.2) is 9.59 Å². The minimum atomic E-state index is -1.24. The second-order valence-corrected chi connectivity index (χ2v) is 0.878.